The van der Waals surface area contributed by atoms with Crippen molar-refractivity contribution in [3.05, 3.63) is 28.9 Å². The Hall–Kier alpha value is -0.980. The fraction of sp³-hybridized carbons (Fsp3) is 0.250. The zero-order chi connectivity index (χ0) is 10.1. The van der Waals surface area contributed by atoms with Crippen molar-refractivity contribution in [2.24, 2.45) is 5.73 Å². The van der Waals surface area contributed by atoms with Gasteiger partial charge in [0.1, 0.15) is 12.4 Å². The van der Waals surface area contributed by atoms with Gasteiger partial charge >= 0.3 is 0 Å². The molecular weight excluding hydrogens is 248 g/mol. The van der Waals surface area contributed by atoms with Crippen molar-refractivity contribution >= 4 is 21.6 Å². The molecule has 0 bridgehead atoms. The first-order valence-corrected chi connectivity index (χ1v) is 4.88. The van der Waals surface area contributed by atoms with Gasteiger partial charge in [-0.3, -0.25) is 4.40 Å². The summed E-state index contributed by atoms with van der Waals surface area (Å²) >= 11 is 3.32. The van der Waals surface area contributed by atoms with Gasteiger partial charge in [-0.25, -0.2) is 9.97 Å². The number of aliphatic hydroxyl groups is 1. The molecule has 0 aromatic carbocycles. The van der Waals surface area contributed by atoms with Gasteiger partial charge in [0.15, 0.2) is 5.65 Å². The van der Waals surface area contributed by atoms with E-state index >= 15 is 0 Å². The number of aliphatic hydroxyl groups excluding tert-OH is 1. The van der Waals surface area contributed by atoms with Crippen LogP contribution in [-0.2, 0) is 0 Å². The summed E-state index contributed by atoms with van der Waals surface area (Å²) in [5.74, 6) is 0. The summed E-state index contributed by atoms with van der Waals surface area (Å²) in [5.41, 5.74) is 6.74. The highest BCUT2D eigenvalue weighted by Gasteiger charge is 2.12. The minimum Gasteiger partial charge on any atom is -0.385 e. The third-order valence-electron chi connectivity index (χ3n) is 1.97. The second-order valence-corrected chi connectivity index (χ2v) is 3.72. The van der Waals surface area contributed by atoms with Crippen LogP contribution in [0.15, 0.2) is 23.2 Å². The predicted octanol–water partition coefficient (Wildman–Crippen LogP) is 0.484. The quantitative estimate of drug-likeness (QED) is 0.820. The molecule has 1 unspecified atom stereocenters. The summed E-state index contributed by atoms with van der Waals surface area (Å²) in [6, 6.07) is 0. The summed E-state index contributed by atoms with van der Waals surface area (Å²) in [6.45, 7) is 0.167. The number of hydrogen-bond acceptors (Lipinski definition) is 4. The molecule has 0 spiro atoms. The summed E-state index contributed by atoms with van der Waals surface area (Å²) in [7, 11) is 0. The van der Waals surface area contributed by atoms with Crippen LogP contribution in [0.1, 0.15) is 11.8 Å². The van der Waals surface area contributed by atoms with E-state index in [1.165, 1.54) is 0 Å². The van der Waals surface area contributed by atoms with E-state index in [-0.39, 0.29) is 6.54 Å². The molecule has 2 rings (SSSR count). The molecule has 74 valence electrons. The molecule has 2 heterocycles. The van der Waals surface area contributed by atoms with Crippen molar-refractivity contribution in [2.45, 2.75) is 6.10 Å². The molecule has 0 aliphatic carbocycles. The lowest BCUT2D eigenvalue weighted by atomic mass is 10.3. The zero-order valence-electron chi connectivity index (χ0n) is 7.26. The number of halogens is 1. The lowest BCUT2D eigenvalue weighted by Gasteiger charge is -2.06. The van der Waals surface area contributed by atoms with Crippen LogP contribution in [0.2, 0.25) is 0 Å². The predicted molar refractivity (Wildman–Crippen MR) is 54.7 cm³/mol. The summed E-state index contributed by atoms with van der Waals surface area (Å²) in [4.78, 5) is 8.13. The van der Waals surface area contributed by atoms with E-state index in [4.69, 9.17) is 5.73 Å². The highest BCUT2D eigenvalue weighted by molar-refractivity contribution is 9.10. The fourth-order valence-corrected chi connectivity index (χ4v) is 1.67. The summed E-state index contributed by atoms with van der Waals surface area (Å²) < 4.78 is 2.50. The van der Waals surface area contributed by atoms with Crippen molar-refractivity contribution in [1.29, 1.82) is 0 Å². The van der Waals surface area contributed by atoms with Crippen LogP contribution in [0, 0.1) is 0 Å². The fourth-order valence-electron chi connectivity index (χ4n) is 1.26. The Labute approximate surface area is 88.7 Å². The van der Waals surface area contributed by atoms with Crippen LogP contribution in [0.3, 0.4) is 0 Å². The van der Waals surface area contributed by atoms with Gasteiger partial charge in [0.25, 0.3) is 0 Å². The Balaban J connectivity index is 2.63. The first-order chi connectivity index (χ1) is 6.74. The third kappa shape index (κ3) is 1.41. The average Bonchev–Trinajstić information content (AvgIpc) is 2.62. The Morgan fingerprint density at radius 1 is 1.57 bits per heavy atom. The van der Waals surface area contributed by atoms with Crippen LogP contribution >= 0.6 is 15.9 Å². The van der Waals surface area contributed by atoms with Crippen molar-refractivity contribution in [3.8, 4) is 0 Å². The van der Waals surface area contributed by atoms with E-state index in [1.54, 1.807) is 23.1 Å². The molecule has 2 aromatic rings. The van der Waals surface area contributed by atoms with Crippen LogP contribution in [0.25, 0.3) is 5.65 Å². The van der Waals surface area contributed by atoms with Gasteiger partial charge in [0, 0.05) is 12.7 Å². The largest absolute Gasteiger partial charge is 0.385 e. The Kier molecular flexibility index (Phi) is 2.49. The van der Waals surface area contributed by atoms with E-state index in [9.17, 15) is 5.11 Å². The Bertz CT molecular complexity index is 456. The molecule has 0 aliphatic rings. The molecule has 3 N–H and O–H groups in total. The molecule has 2 aromatic heterocycles. The standard InChI is InChI=1S/C8H9BrN4O/c9-5-2-11-4-13-6(7(14)1-10)3-12-8(5)13/h2-4,7,14H,1,10H2. The second-order valence-electron chi connectivity index (χ2n) is 2.87. The SMILES string of the molecule is NCC(O)c1cnc2c(Br)cncn12. The molecule has 0 saturated carbocycles. The lowest BCUT2D eigenvalue weighted by molar-refractivity contribution is 0.181. The lowest BCUT2D eigenvalue weighted by Crippen LogP contribution is -2.13. The number of aromatic nitrogens is 3. The minimum atomic E-state index is -0.707. The maximum atomic E-state index is 9.58. The van der Waals surface area contributed by atoms with Crippen LogP contribution in [0.4, 0.5) is 0 Å². The van der Waals surface area contributed by atoms with Crippen molar-refractivity contribution in [2.75, 3.05) is 6.54 Å². The van der Waals surface area contributed by atoms with Gasteiger partial charge in [0.05, 0.1) is 16.4 Å². The van der Waals surface area contributed by atoms with E-state index in [1.807, 2.05) is 0 Å². The first kappa shape index (κ1) is 9.57. The molecule has 0 saturated heterocycles. The van der Waals surface area contributed by atoms with E-state index in [0.29, 0.717) is 5.69 Å². The second kappa shape index (κ2) is 3.64. The maximum Gasteiger partial charge on any atom is 0.154 e. The number of nitrogens with zero attached hydrogens (tertiary/aromatic N) is 3. The van der Waals surface area contributed by atoms with Crippen molar-refractivity contribution in [3.63, 3.8) is 0 Å². The van der Waals surface area contributed by atoms with Gasteiger partial charge in [0.2, 0.25) is 0 Å². The highest BCUT2D eigenvalue weighted by atomic mass is 79.9. The number of hydrogen-bond donors (Lipinski definition) is 2. The van der Waals surface area contributed by atoms with Gasteiger partial charge in [-0.1, -0.05) is 0 Å². The molecule has 1 atom stereocenters. The number of nitrogens with two attached hydrogens (primary N) is 1. The normalized spacial score (nSPS) is 13.4. The molecule has 0 radical (unpaired) electrons. The van der Waals surface area contributed by atoms with Gasteiger partial charge in [-0.05, 0) is 15.9 Å². The molecule has 0 amide bonds. The Morgan fingerprint density at radius 3 is 3.07 bits per heavy atom. The van der Waals surface area contributed by atoms with Crippen LogP contribution in [0.5, 0.6) is 0 Å². The monoisotopic (exact) mass is 256 g/mol. The molecule has 14 heavy (non-hydrogen) atoms. The topological polar surface area (TPSA) is 76.4 Å². The summed E-state index contributed by atoms with van der Waals surface area (Å²) in [5, 5.41) is 9.58. The minimum absolute atomic E-state index is 0.167. The smallest absolute Gasteiger partial charge is 0.154 e. The average molecular weight is 257 g/mol. The molecular formula is C8H9BrN4O. The maximum absolute atomic E-state index is 9.58. The number of fused-ring (bicyclic) bond motifs is 1. The Morgan fingerprint density at radius 2 is 2.36 bits per heavy atom. The van der Waals surface area contributed by atoms with E-state index in [2.05, 4.69) is 25.9 Å². The van der Waals surface area contributed by atoms with Crippen LogP contribution < -0.4 is 5.73 Å². The third-order valence-corrected chi connectivity index (χ3v) is 2.53. The molecule has 5 nitrogen and oxygen atoms in total. The molecule has 0 fully saturated rings. The first-order valence-electron chi connectivity index (χ1n) is 4.08. The van der Waals surface area contributed by atoms with Gasteiger partial charge in [-0.2, -0.15) is 0 Å². The molecule has 0 aliphatic heterocycles. The number of imidazole rings is 1. The number of rotatable bonds is 2. The van der Waals surface area contributed by atoms with Crippen molar-refractivity contribution < 1.29 is 5.11 Å². The van der Waals surface area contributed by atoms with Gasteiger partial charge in [-0.15, -0.1) is 0 Å². The van der Waals surface area contributed by atoms with Crippen LogP contribution in [-0.4, -0.2) is 26.0 Å². The van der Waals surface area contributed by atoms with Crippen molar-refractivity contribution in [1.82, 2.24) is 14.4 Å². The summed E-state index contributed by atoms with van der Waals surface area (Å²) in [6.07, 6.45) is 4.14. The van der Waals surface area contributed by atoms with E-state index in [0.717, 1.165) is 10.1 Å². The highest BCUT2D eigenvalue weighted by Crippen LogP contribution is 2.19. The van der Waals surface area contributed by atoms with E-state index < -0.39 is 6.10 Å². The van der Waals surface area contributed by atoms with Gasteiger partial charge < -0.3 is 10.8 Å². The molecule has 6 heteroatoms. The zero-order valence-corrected chi connectivity index (χ0v) is 8.85.